The van der Waals surface area contributed by atoms with Gasteiger partial charge in [-0.15, -0.1) is 0 Å². The SMILES string of the molecule is O=C(Cc1ccccc1F)NNC(=O)C1CC1. The molecular weight excluding hydrogens is 223 g/mol. The zero-order valence-corrected chi connectivity index (χ0v) is 9.20. The van der Waals surface area contributed by atoms with E-state index in [2.05, 4.69) is 10.9 Å². The van der Waals surface area contributed by atoms with Gasteiger partial charge in [0.1, 0.15) is 5.82 Å². The zero-order chi connectivity index (χ0) is 12.3. The third-order valence-corrected chi connectivity index (χ3v) is 2.58. The number of amides is 2. The molecule has 2 rings (SSSR count). The van der Waals surface area contributed by atoms with Gasteiger partial charge in [-0.25, -0.2) is 4.39 Å². The first-order valence-corrected chi connectivity index (χ1v) is 5.49. The fourth-order valence-electron chi connectivity index (χ4n) is 1.44. The minimum absolute atomic E-state index is 0.0313. The third kappa shape index (κ3) is 3.27. The van der Waals surface area contributed by atoms with Crippen LogP contribution in [-0.2, 0) is 16.0 Å². The van der Waals surface area contributed by atoms with E-state index in [-0.39, 0.29) is 18.2 Å². The Morgan fingerprint density at radius 3 is 2.59 bits per heavy atom. The van der Waals surface area contributed by atoms with Crippen molar-refractivity contribution in [1.29, 1.82) is 0 Å². The monoisotopic (exact) mass is 236 g/mol. The maximum Gasteiger partial charge on any atom is 0.242 e. The second-order valence-corrected chi connectivity index (χ2v) is 4.08. The molecule has 2 amide bonds. The number of hydrazine groups is 1. The smallest absolute Gasteiger partial charge is 0.242 e. The van der Waals surface area contributed by atoms with E-state index in [1.54, 1.807) is 12.1 Å². The molecule has 2 N–H and O–H groups in total. The molecule has 0 aromatic heterocycles. The maximum absolute atomic E-state index is 13.2. The lowest BCUT2D eigenvalue weighted by molar-refractivity contribution is -0.129. The molecule has 1 saturated carbocycles. The van der Waals surface area contributed by atoms with Gasteiger partial charge in [-0.3, -0.25) is 20.4 Å². The van der Waals surface area contributed by atoms with Crippen molar-refractivity contribution in [2.45, 2.75) is 19.3 Å². The second-order valence-electron chi connectivity index (χ2n) is 4.08. The quantitative estimate of drug-likeness (QED) is 0.767. The highest BCUT2D eigenvalue weighted by Crippen LogP contribution is 2.28. The van der Waals surface area contributed by atoms with Gasteiger partial charge in [0.2, 0.25) is 11.8 Å². The van der Waals surface area contributed by atoms with Crippen molar-refractivity contribution < 1.29 is 14.0 Å². The second kappa shape index (κ2) is 4.95. The van der Waals surface area contributed by atoms with Gasteiger partial charge in [-0.1, -0.05) is 18.2 Å². The van der Waals surface area contributed by atoms with Gasteiger partial charge in [0.25, 0.3) is 0 Å². The molecular formula is C12H13FN2O2. The molecule has 1 fully saturated rings. The molecule has 17 heavy (non-hydrogen) atoms. The van der Waals surface area contributed by atoms with Gasteiger partial charge in [-0.2, -0.15) is 0 Å². The average molecular weight is 236 g/mol. The summed E-state index contributed by atoms with van der Waals surface area (Å²) in [6, 6.07) is 6.06. The summed E-state index contributed by atoms with van der Waals surface area (Å²) in [6.07, 6.45) is 1.65. The molecule has 5 heteroatoms. The van der Waals surface area contributed by atoms with Crippen LogP contribution in [0.15, 0.2) is 24.3 Å². The molecule has 0 radical (unpaired) electrons. The highest BCUT2D eigenvalue weighted by atomic mass is 19.1. The summed E-state index contributed by atoms with van der Waals surface area (Å²) in [7, 11) is 0. The van der Waals surface area contributed by atoms with E-state index in [0.29, 0.717) is 5.56 Å². The number of rotatable bonds is 3. The fraction of sp³-hybridized carbons (Fsp3) is 0.333. The van der Waals surface area contributed by atoms with Gasteiger partial charge >= 0.3 is 0 Å². The van der Waals surface area contributed by atoms with Gasteiger partial charge in [-0.05, 0) is 24.5 Å². The Hall–Kier alpha value is -1.91. The average Bonchev–Trinajstić information content (AvgIpc) is 3.13. The fourth-order valence-corrected chi connectivity index (χ4v) is 1.44. The zero-order valence-electron chi connectivity index (χ0n) is 9.20. The summed E-state index contributed by atoms with van der Waals surface area (Å²) in [5, 5.41) is 0. The predicted molar refractivity (Wildman–Crippen MR) is 59.1 cm³/mol. The van der Waals surface area contributed by atoms with Crippen molar-refractivity contribution in [3.63, 3.8) is 0 Å². The van der Waals surface area contributed by atoms with Crippen molar-refractivity contribution in [3.8, 4) is 0 Å². The lowest BCUT2D eigenvalue weighted by Crippen LogP contribution is -2.43. The minimum Gasteiger partial charge on any atom is -0.273 e. The molecule has 1 aliphatic carbocycles. The van der Waals surface area contributed by atoms with Crippen LogP contribution in [0.3, 0.4) is 0 Å². The Balaban J connectivity index is 1.80. The molecule has 0 saturated heterocycles. The van der Waals surface area contributed by atoms with Gasteiger partial charge in [0.15, 0.2) is 0 Å². The number of hydrogen-bond acceptors (Lipinski definition) is 2. The molecule has 0 spiro atoms. The van der Waals surface area contributed by atoms with Crippen LogP contribution in [0.4, 0.5) is 4.39 Å². The summed E-state index contributed by atoms with van der Waals surface area (Å²) in [5.74, 6) is -0.990. The Morgan fingerprint density at radius 1 is 1.24 bits per heavy atom. The van der Waals surface area contributed by atoms with E-state index in [0.717, 1.165) is 12.8 Å². The normalized spacial score (nSPS) is 14.2. The first kappa shape index (κ1) is 11.6. The molecule has 1 aromatic rings. The molecule has 0 heterocycles. The largest absolute Gasteiger partial charge is 0.273 e. The summed E-state index contributed by atoms with van der Waals surface area (Å²) in [4.78, 5) is 22.6. The van der Waals surface area contributed by atoms with Crippen molar-refractivity contribution >= 4 is 11.8 Å². The number of hydrogen-bond donors (Lipinski definition) is 2. The van der Waals surface area contributed by atoms with Crippen LogP contribution in [0.5, 0.6) is 0 Å². The predicted octanol–water partition coefficient (Wildman–Crippen LogP) is 0.926. The summed E-state index contributed by atoms with van der Waals surface area (Å²) in [6.45, 7) is 0. The van der Waals surface area contributed by atoms with Crippen LogP contribution in [-0.4, -0.2) is 11.8 Å². The molecule has 0 bridgehead atoms. The summed E-state index contributed by atoms with van der Waals surface area (Å²) >= 11 is 0. The van der Waals surface area contributed by atoms with Crippen LogP contribution >= 0.6 is 0 Å². The van der Waals surface area contributed by atoms with Crippen LogP contribution in [0.2, 0.25) is 0 Å². The van der Waals surface area contributed by atoms with Gasteiger partial charge < -0.3 is 0 Å². The Bertz CT molecular complexity index is 444. The molecule has 4 nitrogen and oxygen atoms in total. The standard InChI is InChI=1S/C12H13FN2O2/c13-10-4-2-1-3-9(10)7-11(16)14-15-12(17)8-5-6-8/h1-4,8H,5-7H2,(H,14,16)(H,15,17). The Kier molecular flexibility index (Phi) is 3.37. The third-order valence-electron chi connectivity index (χ3n) is 2.58. The number of carbonyl (C=O) groups is 2. The molecule has 0 atom stereocenters. The minimum atomic E-state index is -0.427. The summed E-state index contributed by atoms with van der Waals surface area (Å²) < 4.78 is 13.2. The molecule has 90 valence electrons. The van der Waals surface area contributed by atoms with Crippen molar-refractivity contribution in [2.24, 2.45) is 5.92 Å². The molecule has 0 unspecified atom stereocenters. The topological polar surface area (TPSA) is 58.2 Å². The Morgan fingerprint density at radius 2 is 1.94 bits per heavy atom. The van der Waals surface area contributed by atoms with Gasteiger partial charge in [0.05, 0.1) is 6.42 Å². The van der Waals surface area contributed by atoms with E-state index >= 15 is 0 Å². The van der Waals surface area contributed by atoms with E-state index in [9.17, 15) is 14.0 Å². The molecule has 1 aromatic carbocycles. The molecule has 1 aliphatic rings. The Labute approximate surface area is 98.2 Å². The van der Waals surface area contributed by atoms with Crippen LogP contribution in [0.25, 0.3) is 0 Å². The van der Waals surface area contributed by atoms with Crippen LogP contribution in [0.1, 0.15) is 18.4 Å². The number of benzene rings is 1. The lowest BCUT2D eigenvalue weighted by Gasteiger charge is -2.07. The number of nitrogens with one attached hydrogen (secondary N) is 2. The van der Waals surface area contributed by atoms with E-state index in [4.69, 9.17) is 0 Å². The van der Waals surface area contributed by atoms with Crippen LogP contribution < -0.4 is 10.9 Å². The number of carbonyl (C=O) groups excluding carboxylic acids is 2. The number of halogens is 1. The molecule has 0 aliphatic heterocycles. The van der Waals surface area contributed by atoms with E-state index in [1.165, 1.54) is 12.1 Å². The highest BCUT2D eigenvalue weighted by molar-refractivity contribution is 5.85. The first-order chi connectivity index (χ1) is 8.16. The lowest BCUT2D eigenvalue weighted by atomic mass is 10.1. The van der Waals surface area contributed by atoms with Gasteiger partial charge in [0, 0.05) is 5.92 Å². The van der Waals surface area contributed by atoms with E-state index in [1.807, 2.05) is 0 Å². The van der Waals surface area contributed by atoms with E-state index < -0.39 is 11.7 Å². The highest BCUT2D eigenvalue weighted by Gasteiger charge is 2.29. The maximum atomic E-state index is 13.2. The first-order valence-electron chi connectivity index (χ1n) is 5.49. The summed E-state index contributed by atoms with van der Waals surface area (Å²) in [5.41, 5.74) is 4.91. The van der Waals surface area contributed by atoms with Crippen molar-refractivity contribution in [2.75, 3.05) is 0 Å². The van der Waals surface area contributed by atoms with Crippen molar-refractivity contribution in [1.82, 2.24) is 10.9 Å². The van der Waals surface area contributed by atoms with Crippen molar-refractivity contribution in [3.05, 3.63) is 35.6 Å². The van der Waals surface area contributed by atoms with Crippen LogP contribution in [0, 0.1) is 11.7 Å².